The van der Waals surface area contributed by atoms with Crippen LogP contribution < -0.4 is 4.90 Å². The molecule has 0 aliphatic heterocycles. The van der Waals surface area contributed by atoms with Crippen LogP contribution in [0, 0.1) is 0 Å². The number of aromatic nitrogens is 1. The molecule has 49 heavy (non-hydrogen) atoms. The summed E-state index contributed by atoms with van der Waals surface area (Å²) in [7, 11) is 0. The lowest BCUT2D eigenvalue weighted by Crippen LogP contribution is -2.10. The van der Waals surface area contributed by atoms with Gasteiger partial charge in [-0.1, -0.05) is 121 Å². The number of rotatable bonds is 5. The molecule has 230 valence electrons. The van der Waals surface area contributed by atoms with Gasteiger partial charge >= 0.3 is 0 Å². The lowest BCUT2D eigenvalue weighted by atomic mass is 10.0. The van der Waals surface area contributed by atoms with Gasteiger partial charge in [0.15, 0.2) is 0 Å². The fourth-order valence-corrected chi connectivity index (χ4v) is 8.72. The molecule has 10 aromatic rings. The van der Waals surface area contributed by atoms with Crippen LogP contribution in [0.5, 0.6) is 0 Å². The molecule has 0 unspecified atom stereocenters. The predicted octanol–water partition coefficient (Wildman–Crippen LogP) is 13.4. The summed E-state index contributed by atoms with van der Waals surface area (Å²) in [5, 5.41) is 7.67. The molecule has 0 aliphatic carbocycles. The molecule has 0 atom stereocenters. The summed E-state index contributed by atoms with van der Waals surface area (Å²) >= 11 is 1.90. The monoisotopic (exact) mass is 642 g/mol. The molecule has 0 saturated heterocycles. The molecule has 2 nitrogen and oxygen atoms in total. The van der Waals surface area contributed by atoms with Gasteiger partial charge in [0, 0.05) is 53.7 Å². The highest BCUT2D eigenvalue weighted by Gasteiger charge is 2.20. The molecule has 0 amide bonds. The van der Waals surface area contributed by atoms with Crippen molar-refractivity contribution in [1.82, 2.24) is 4.57 Å². The highest BCUT2D eigenvalue weighted by Crippen LogP contribution is 2.45. The zero-order valence-corrected chi connectivity index (χ0v) is 27.4. The summed E-state index contributed by atoms with van der Waals surface area (Å²) in [6, 6.07) is 66.1. The quantitative estimate of drug-likeness (QED) is 0.181. The second-order valence-electron chi connectivity index (χ2n) is 12.6. The predicted molar refractivity (Wildman–Crippen MR) is 211 cm³/mol. The highest BCUT2D eigenvalue weighted by atomic mass is 32.1. The van der Waals surface area contributed by atoms with Crippen LogP contribution in [0.25, 0.3) is 69.6 Å². The minimum absolute atomic E-state index is 1.11. The van der Waals surface area contributed by atoms with Crippen LogP contribution in [-0.4, -0.2) is 4.57 Å². The summed E-state index contributed by atoms with van der Waals surface area (Å²) in [4.78, 5) is 2.39. The van der Waals surface area contributed by atoms with Gasteiger partial charge < -0.3 is 9.47 Å². The zero-order valence-electron chi connectivity index (χ0n) is 26.6. The summed E-state index contributed by atoms with van der Waals surface area (Å²) in [6.07, 6.45) is 0. The van der Waals surface area contributed by atoms with Crippen LogP contribution in [0.1, 0.15) is 0 Å². The third-order valence-electron chi connectivity index (χ3n) is 9.75. The van der Waals surface area contributed by atoms with Crippen molar-refractivity contribution in [3.8, 4) is 16.8 Å². The van der Waals surface area contributed by atoms with Crippen molar-refractivity contribution in [1.29, 1.82) is 0 Å². The fourth-order valence-electron chi connectivity index (χ4n) is 7.46. The van der Waals surface area contributed by atoms with Crippen molar-refractivity contribution >= 4 is 81.1 Å². The van der Waals surface area contributed by atoms with Gasteiger partial charge in [-0.3, -0.25) is 0 Å². The molecule has 0 fully saturated rings. The standard InChI is InChI=1S/C46H30N2S/c1-3-11-31(12-4-1)33-19-22-36(23-20-33)47(37-24-21-32-13-7-8-14-34(32)29-37)38-25-26-41-43(30-38)48(35-15-5-2-6-16-35)42-28-27-40-39-17-9-10-18-44(39)49-46(40)45(41)42/h1-30H. The summed E-state index contributed by atoms with van der Waals surface area (Å²) in [5.74, 6) is 0. The van der Waals surface area contributed by atoms with Crippen molar-refractivity contribution < 1.29 is 0 Å². The maximum Gasteiger partial charge on any atom is 0.0562 e. The number of fused-ring (bicyclic) bond motifs is 8. The fraction of sp³-hybridized carbons (Fsp3) is 0. The van der Waals surface area contributed by atoms with Gasteiger partial charge in [0.1, 0.15) is 0 Å². The molecule has 0 bridgehead atoms. The Morgan fingerprint density at radius 2 is 1.04 bits per heavy atom. The first-order valence-corrected chi connectivity index (χ1v) is 17.5. The topological polar surface area (TPSA) is 8.17 Å². The van der Waals surface area contributed by atoms with Crippen LogP contribution in [0.4, 0.5) is 17.1 Å². The van der Waals surface area contributed by atoms with Crippen molar-refractivity contribution in [2.45, 2.75) is 0 Å². The van der Waals surface area contributed by atoms with E-state index in [1.54, 1.807) is 0 Å². The molecule has 2 aromatic heterocycles. The van der Waals surface area contributed by atoms with E-state index in [1.165, 1.54) is 63.9 Å². The first kappa shape index (κ1) is 27.9. The van der Waals surface area contributed by atoms with Gasteiger partial charge in [0.05, 0.1) is 11.0 Å². The van der Waals surface area contributed by atoms with Crippen LogP contribution in [-0.2, 0) is 0 Å². The van der Waals surface area contributed by atoms with Crippen LogP contribution >= 0.6 is 11.3 Å². The summed E-state index contributed by atoms with van der Waals surface area (Å²) < 4.78 is 5.10. The van der Waals surface area contributed by atoms with E-state index in [0.29, 0.717) is 0 Å². The van der Waals surface area contributed by atoms with Crippen LogP contribution in [0.3, 0.4) is 0 Å². The third-order valence-corrected chi connectivity index (χ3v) is 11.0. The van der Waals surface area contributed by atoms with Gasteiger partial charge in [-0.2, -0.15) is 0 Å². The molecule has 0 saturated carbocycles. The van der Waals surface area contributed by atoms with Crippen molar-refractivity contribution in [2.24, 2.45) is 0 Å². The minimum atomic E-state index is 1.11. The Morgan fingerprint density at radius 3 is 1.88 bits per heavy atom. The summed E-state index contributed by atoms with van der Waals surface area (Å²) in [5.41, 5.74) is 9.34. The average Bonchev–Trinajstić information content (AvgIpc) is 3.71. The van der Waals surface area contributed by atoms with E-state index in [9.17, 15) is 0 Å². The Labute approximate surface area is 288 Å². The van der Waals surface area contributed by atoms with Gasteiger partial charge in [-0.25, -0.2) is 0 Å². The van der Waals surface area contributed by atoms with Crippen molar-refractivity contribution in [2.75, 3.05) is 4.90 Å². The van der Waals surface area contributed by atoms with Gasteiger partial charge in [0.2, 0.25) is 0 Å². The smallest absolute Gasteiger partial charge is 0.0562 e. The number of anilines is 3. The molecule has 0 aliphatic rings. The van der Waals surface area contributed by atoms with Gasteiger partial charge in [-0.05, 0) is 82.6 Å². The Bertz CT molecular complexity index is 2810. The maximum absolute atomic E-state index is 2.44. The number of thiophene rings is 1. The van der Waals surface area contributed by atoms with Crippen molar-refractivity contribution in [3.63, 3.8) is 0 Å². The maximum atomic E-state index is 2.44. The van der Waals surface area contributed by atoms with E-state index >= 15 is 0 Å². The van der Waals surface area contributed by atoms with E-state index in [2.05, 4.69) is 191 Å². The number of para-hydroxylation sites is 1. The van der Waals surface area contributed by atoms with E-state index in [4.69, 9.17) is 0 Å². The molecular weight excluding hydrogens is 613 g/mol. The molecule has 2 heterocycles. The van der Waals surface area contributed by atoms with E-state index in [0.717, 1.165) is 22.7 Å². The molecule has 8 aromatic carbocycles. The molecule has 3 heteroatoms. The highest BCUT2D eigenvalue weighted by molar-refractivity contribution is 7.26. The molecular formula is C46H30N2S. The van der Waals surface area contributed by atoms with Crippen LogP contribution in [0.15, 0.2) is 182 Å². The lowest BCUT2D eigenvalue weighted by Gasteiger charge is -2.26. The second kappa shape index (κ2) is 11.2. The summed E-state index contributed by atoms with van der Waals surface area (Å²) in [6.45, 7) is 0. The lowest BCUT2D eigenvalue weighted by molar-refractivity contribution is 1.18. The van der Waals surface area contributed by atoms with E-state index in [-0.39, 0.29) is 0 Å². The Hall–Kier alpha value is -6.16. The van der Waals surface area contributed by atoms with Crippen LogP contribution in [0.2, 0.25) is 0 Å². The minimum Gasteiger partial charge on any atom is -0.310 e. The Kier molecular flexibility index (Phi) is 6.39. The van der Waals surface area contributed by atoms with E-state index < -0.39 is 0 Å². The zero-order chi connectivity index (χ0) is 32.3. The molecule has 10 rings (SSSR count). The Balaban J connectivity index is 1.23. The third kappa shape index (κ3) is 4.55. The number of hydrogen-bond acceptors (Lipinski definition) is 2. The molecule has 0 spiro atoms. The molecule has 0 N–H and O–H groups in total. The Morgan fingerprint density at radius 1 is 0.408 bits per heavy atom. The number of benzene rings is 8. The van der Waals surface area contributed by atoms with Gasteiger partial charge in [-0.15, -0.1) is 11.3 Å². The second-order valence-corrected chi connectivity index (χ2v) is 13.6. The van der Waals surface area contributed by atoms with Gasteiger partial charge in [0.25, 0.3) is 0 Å². The average molecular weight is 643 g/mol. The first-order chi connectivity index (χ1) is 24.3. The first-order valence-electron chi connectivity index (χ1n) is 16.7. The number of hydrogen-bond donors (Lipinski definition) is 0. The molecule has 0 radical (unpaired) electrons. The number of nitrogens with zero attached hydrogens (tertiary/aromatic N) is 2. The normalized spacial score (nSPS) is 11.7. The van der Waals surface area contributed by atoms with E-state index in [1.807, 2.05) is 11.3 Å². The van der Waals surface area contributed by atoms with Crippen molar-refractivity contribution in [3.05, 3.63) is 182 Å². The largest absolute Gasteiger partial charge is 0.310 e. The SMILES string of the molecule is c1ccc(-c2ccc(N(c3ccc4ccccc4c3)c3ccc4c5c6sc7ccccc7c6ccc5n(-c5ccccc5)c4c3)cc2)cc1.